The minimum atomic E-state index is -0.443. The minimum absolute atomic E-state index is 0.0117. The van der Waals surface area contributed by atoms with E-state index in [1.54, 1.807) is 4.90 Å². The van der Waals surface area contributed by atoms with Crippen LogP contribution in [0.3, 0.4) is 0 Å². The van der Waals surface area contributed by atoms with E-state index in [9.17, 15) is 9.59 Å². The maximum Gasteiger partial charge on any atom is 0.327 e. The summed E-state index contributed by atoms with van der Waals surface area (Å²) in [5.41, 5.74) is 0. The molecule has 0 atom stereocenters. The summed E-state index contributed by atoms with van der Waals surface area (Å²) in [4.78, 5) is 25.3. The van der Waals surface area contributed by atoms with E-state index in [-0.39, 0.29) is 30.3 Å². The second-order valence-corrected chi connectivity index (χ2v) is 5.91. The molecule has 0 aliphatic carbocycles. The molecule has 0 aromatic carbocycles. The number of esters is 1. The Hall–Kier alpha value is -1.64. The summed E-state index contributed by atoms with van der Waals surface area (Å²) in [6.45, 7) is 7.83. The Morgan fingerprint density at radius 3 is 2.43 bits per heavy atom. The second-order valence-electron chi connectivity index (χ2n) is 4.97. The molecule has 0 aliphatic rings. The van der Waals surface area contributed by atoms with Crippen molar-refractivity contribution in [1.82, 2.24) is 25.1 Å². The number of ether oxygens (including phenoxy) is 1. The molecule has 1 heterocycles. The van der Waals surface area contributed by atoms with Gasteiger partial charge < -0.3 is 9.64 Å². The summed E-state index contributed by atoms with van der Waals surface area (Å²) < 4.78 is 5.88. The average molecular weight is 315 g/mol. The maximum absolute atomic E-state index is 12.2. The molecule has 0 saturated carbocycles. The van der Waals surface area contributed by atoms with Crippen molar-refractivity contribution >= 4 is 23.6 Å². The first-order valence-electron chi connectivity index (χ1n) is 6.63. The van der Waals surface area contributed by atoms with Crippen LogP contribution in [-0.4, -0.2) is 61.9 Å². The number of thioether (sulfide) groups is 1. The van der Waals surface area contributed by atoms with Gasteiger partial charge in [0.2, 0.25) is 11.1 Å². The van der Waals surface area contributed by atoms with Crippen LogP contribution in [0.5, 0.6) is 0 Å². The monoisotopic (exact) mass is 315 g/mol. The quantitative estimate of drug-likeness (QED) is 0.537. The van der Waals surface area contributed by atoms with Gasteiger partial charge >= 0.3 is 5.97 Å². The Labute approximate surface area is 128 Å². The van der Waals surface area contributed by atoms with E-state index in [1.165, 1.54) is 23.6 Å². The van der Waals surface area contributed by atoms with Crippen molar-refractivity contribution in [2.45, 2.75) is 51.5 Å². The van der Waals surface area contributed by atoms with E-state index in [0.29, 0.717) is 5.16 Å². The van der Waals surface area contributed by atoms with Crippen LogP contribution in [0.1, 0.15) is 27.7 Å². The van der Waals surface area contributed by atoms with Crippen LogP contribution in [0, 0.1) is 0 Å². The van der Waals surface area contributed by atoms with Crippen molar-refractivity contribution in [2.24, 2.45) is 0 Å². The number of hydrogen-bond acceptors (Lipinski definition) is 7. The average Bonchev–Trinajstić information content (AvgIpc) is 2.82. The van der Waals surface area contributed by atoms with Gasteiger partial charge in [-0.15, -0.1) is 5.10 Å². The fraction of sp³-hybridized carbons (Fsp3) is 0.750. The molecule has 1 aromatic heterocycles. The van der Waals surface area contributed by atoms with Gasteiger partial charge in [0.15, 0.2) is 0 Å². The van der Waals surface area contributed by atoms with Crippen LogP contribution in [0.2, 0.25) is 0 Å². The van der Waals surface area contributed by atoms with Crippen molar-refractivity contribution in [3.05, 3.63) is 0 Å². The van der Waals surface area contributed by atoms with Crippen molar-refractivity contribution in [3.63, 3.8) is 0 Å². The van der Waals surface area contributed by atoms with E-state index in [4.69, 9.17) is 0 Å². The molecule has 118 valence electrons. The highest BCUT2D eigenvalue weighted by Gasteiger charge is 2.21. The van der Waals surface area contributed by atoms with Crippen LogP contribution in [0.4, 0.5) is 0 Å². The Morgan fingerprint density at radius 2 is 1.90 bits per heavy atom. The molecule has 9 heteroatoms. The van der Waals surface area contributed by atoms with Gasteiger partial charge in [-0.3, -0.25) is 9.59 Å². The third-order valence-electron chi connectivity index (χ3n) is 2.73. The summed E-state index contributed by atoms with van der Waals surface area (Å²) in [6.07, 6.45) is 0. The van der Waals surface area contributed by atoms with Gasteiger partial charge in [0.1, 0.15) is 6.54 Å². The summed E-state index contributed by atoms with van der Waals surface area (Å²) in [5, 5.41) is 11.4. The first-order valence-corrected chi connectivity index (χ1v) is 7.62. The number of aromatic nitrogens is 4. The Morgan fingerprint density at radius 1 is 1.29 bits per heavy atom. The number of nitrogens with zero attached hydrogens (tertiary/aromatic N) is 5. The molecule has 8 nitrogen and oxygen atoms in total. The third-order valence-corrected chi connectivity index (χ3v) is 3.67. The first-order chi connectivity index (χ1) is 9.86. The van der Waals surface area contributed by atoms with E-state index in [2.05, 4.69) is 20.3 Å². The topological polar surface area (TPSA) is 90.2 Å². The predicted octanol–water partition coefficient (Wildman–Crippen LogP) is 0.584. The molecule has 0 bridgehead atoms. The van der Waals surface area contributed by atoms with Gasteiger partial charge in [-0.05, 0) is 38.1 Å². The smallest absolute Gasteiger partial charge is 0.327 e. The van der Waals surface area contributed by atoms with Crippen LogP contribution in [0.25, 0.3) is 0 Å². The number of carbonyl (C=O) groups is 2. The van der Waals surface area contributed by atoms with Gasteiger partial charge in [0.25, 0.3) is 0 Å². The summed E-state index contributed by atoms with van der Waals surface area (Å²) in [7, 11) is 1.30. The number of rotatable bonds is 7. The molecular weight excluding hydrogens is 294 g/mol. The number of tetrazole rings is 1. The molecule has 0 radical (unpaired) electrons. The van der Waals surface area contributed by atoms with Gasteiger partial charge in [-0.1, -0.05) is 11.8 Å². The fourth-order valence-corrected chi connectivity index (χ4v) is 2.70. The zero-order valence-electron chi connectivity index (χ0n) is 12.9. The molecular formula is C12H21N5O3S. The van der Waals surface area contributed by atoms with Gasteiger partial charge in [-0.25, -0.2) is 4.68 Å². The molecule has 0 aliphatic heterocycles. The molecule has 1 amide bonds. The lowest BCUT2D eigenvalue weighted by Gasteiger charge is -2.30. The number of hydrogen-bond donors (Lipinski definition) is 0. The van der Waals surface area contributed by atoms with E-state index in [0.717, 1.165) is 0 Å². The summed E-state index contributed by atoms with van der Waals surface area (Å²) in [5.74, 6) is -0.211. The van der Waals surface area contributed by atoms with E-state index >= 15 is 0 Å². The lowest BCUT2D eigenvalue weighted by Crippen LogP contribution is -2.43. The number of amides is 1. The van der Waals surface area contributed by atoms with Crippen LogP contribution in [-0.2, 0) is 20.9 Å². The van der Waals surface area contributed by atoms with Crippen molar-refractivity contribution in [1.29, 1.82) is 0 Å². The Balaban J connectivity index is 2.65. The largest absolute Gasteiger partial charge is 0.468 e. The predicted molar refractivity (Wildman–Crippen MR) is 77.7 cm³/mol. The van der Waals surface area contributed by atoms with Crippen LogP contribution in [0.15, 0.2) is 5.16 Å². The Kier molecular flexibility index (Phi) is 6.60. The molecule has 1 rings (SSSR count). The summed E-state index contributed by atoms with van der Waals surface area (Å²) >= 11 is 1.21. The maximum atomic E-state index is 12.2. The molecule has 0 saturated heterocycles. The highest BCUT2D eigenvalue weighted by molar-refractivity contribution is 7.99. The molecule has 0 N–H and O–H groups in total. The number of methoxy groups -OCH3 is 1. The first kappa shape index (κ1) is 17.4. The lowest BCUT2D eigenvalue weighted by molar-refractivity contribution is -0.141. The Bertz CT molecular complexity index is 481. The van der Waals surface area contributed by atoms with E-state index in [1.807, 2.05) is 27.7 Å². The van der Waals surface area contributed by atoms with Gasteiger partial charge in [0.05, 0.1) is 12.9 Å². The molecule has 1 aromatic rings. The zero-order chi connectivity index (χ0) is 16.0. The molecule has 21 heavy (non-hydrogen) atoms. The minimum Gasteiger partial charge on any atom is -0.468 e. The highest BCUT2D eigenvalue weighted by atomic mass is 32.2. The van der Waals surface area contributed by atoms with Crippen molar-refractivity contribution in [3.8, 4) is 0 Å². The van der Waals surface area contributed by atoms with Crippen molar-refractivity contribution in [2.75, 3.05) is 12.9 Å². The lowest BCUT2D eigenvalue weighted by atomic mass is 10.2. The van der Waals surface area contributed by atoms with Crippen molar-refractivity contribution < 1.29 is 14.3 Å². The molecule has 0 fully saturated rings. The highest BCUT2D eigenvalue weighted by Crippen LogP contribution is 2.16. The fourth-order valence-electron chi connectivity index (χ4n) is 1.96. The molecule has 0 unspecified atom stereocenters. The van der Waals surface area contributed by atoms with Crippen LogP contribution >= 0.6 is 11.8 Å². The second kappa shape index (κ2) is 7.96. The standard InChI is InChI=1S/C12H21N5O3S/c1-8(2)17(9(3)4)10(18)7-21-12-13-14-15-16(12)6-11(19)20-5/h8-9H,6-7H2,1-5H3. The third kappa shape index (κ3) is 5.00. The van der Waals surface area contributed by atoms with E-state index < -0.39 is 5.97 Å². The van der Waals surface area contributed by atoms with Gasteiger partial charge in [0, 0.05) is 12.1 Å². The SMILES string of the molecule is COC(=O)Cn1nnnc1SCC(=O)N(C(C)C)C(C)C. The van der Waals surface area contributed by atoms with Crippen LogP contribution < -0.4 is 0 Å². The molecule has 0 spiro atoms. The zero-order valence-corrected chi connectivity index (χ0v) is 13.8. The normalized spacial score (nSPS) is 11.0. The summed E-state index contributed by atoms with van der Waals surface area (Å²) in [6, 6.07) is 0.258. The van der Waals surface area contributed by atoms with Gasteiger partial charge in [-0.2, -0.15) is 0 Å². The number of carbonyl (C=O) groups excluding carboxylic acids is 2.